The molecule has 3 heterocycles. The zero-order valence-corrected chi connectivity index (χ0v) is 23.5. The molecule has 4 heteroatoms. The van der Waals surface area contributed by atoms with Crippen molar-refractivity contribution in [1.29, 1.82) is 0 Å². The molecular formula is C40H23N3O. The van der Waals surface area contributed by atoms with Crippen LogP contribution in [-0.2, 0) is 0 Å². The molecule has 0 aliphatic carbocycles. The average molecular weight is 562 g/mol. The third-order valence-electron chi connectivity index (χ3n) is 8.60. The van der Waals surface area contributed by atoms with Gasteiger partial charge in [-0.25, -0.2) is 9.83 Å². The molecule has 1 aromatic heterocycles. The predicted molar refractivity (Wildman–Crippen MR) is 180 cm³/mol. The van der Waals surface area contributed by atoms with Gasteiger partial charge in [0, 0.05) is 38.3 Å². The molecule has 0 saturated heterocycles. The zero-order chi connectivity index (χ0) is 29.2. The first-order valence-electron chi connectivity index (χ1n) is 14.6. The highest BCUT2D eigenvalue weighted by Crippen LogP contribution is 2.44. The average Bonchev–Trinajstić information content (AvgIpc) is 3.64. The lowest BCUT2D eigenvalue weighted by atomic mass is 9.97. The molecule has 0 N–H and O–H groups in total. The lowest BCUT2D eigenvalue weighted by molar-refractivity contribution is 0.622. The number of benzene rings is 6. The standard InChI is InChI=1S/C40H23N3O/c1-41-28-20-21-30-33-23-27(19-22-35(33)43(36(30)24-28)29-9-3-2-4-10-29)25-15-17-26(18-16-25)40-38-31-11-5-7-13-34(31)42-39(38)32-12-6-8-14-37(32)44-40/h2-24H. The summed E-state index contributed by atoms with van der Waals surface area (Å²) in [7, 11) is 0. The van der Waals surface area contributed by atoms with Gasteiger partial charge in [-0.05, 0) is 59.7 Å². The fraction of sp³-hybridized carbons (Fsp3) is 0. The van der Waals surface area contributed by atoms with Crippen molar-refractivity contribution < 1.29 is 4.42 Å². The second kappa shape index (κ2) is 9.42. The number of aromatic nitrogens is 2. The SMILES string of the molecule is [C-]#[N+]c1ccc2c3cc(-c4ccc(-c5oc6ccccc6c6nc7ccccc7c5-6)cc4)ccc3n(-c3ccccc3)c2c1. The third kappa shape index (κ3) is 3.60. The largest absolute Gasteiger partial charge is 0.455 e. The van der Waals surface area contributed by atoms with Crippen molar-refractivity contribution in [3.8, 4) is 39.4 Å². The quantitative estimate of drug-likeness (QED) is 0.201. The summed E-state index contributed by atoms with van der Waals surface area (Å²) in [5.41, 5.74) is 10.9. The molecule has 4 nitrogen and oxygen atoms in total. The second-order valence-corrected chi connectivity index (χ2v) is 11.1. The zero-order valence-electron chi connectivity index (χ0n) is 23.5. The van der Waals surface area contributed by atoms with E-state index in [0.29, 0.717) is 5.69 Å². The summed E-state index contributed by atoms with van der Waals surface area (Å²) in [6.07, 6.45) is 0. The Kier molecular flexibility index (Phi) is 5.23. The van der Waals surface area contributed by atoms with Gasteiger partial charge in [0.2, 0.25) is 0 Å². The smallest absolute Gasteiger partial charge is 0.189 e. The molecule has 0 bridgehead atoms. The molecule has 0 amide bonds. The summed E-state index contributed by atoms with van der Waals surface area (Å²) in [5, 5.41) is 4.40. The Bertz CT molecular complexity index is 2550. The summed E-state index contributed by atoms with van der Waals surface area (Å²) in [6.45, 7) is 7.57. The molecule has 6 aromatic carbocycles. The van der Waals surface area contributed by atoms with E-state index < -0.39 is 0 Å². The molecule has 0 unspecified atom stereocenters. The molecule has 9 rings (SSSR count). The van der Waals surface area contributed by atoms with E-state index in [1.807, 2.05) is 54.6 Å². The molecule has 204 valence electrons. The van der Waals surface area contributed by atoms with Crippen LogP contribution in [0.5, 0.6) is 0 Å². The van der Waals surface area contributed by atoms with Crippen LogP contribution in [0.25, 0.3) is 87.9 Å². The van der Waals surface area contributed by atoms with Gasteiger partial charge < -0.3 is 8.98 Å². The normalized spacial score (nSPS) is 11.6. The van der Waals surface area contributed by atoms with Crippen molar-refractivity contribution in [3.05, 3.63) is 151 Å². The van der Waals surface area contributed by atoms with E-state index in [1.54, 1.807) is 0 Å². The third-order valence-corrected chi connectivity index (χ3v) is 8.60. The minimum atomic E-state index is 0.634. The van der Waals surface area contributed by atoms with Gasteiger partial charge >= 0.3 is 0 Å². The number of hydrogen-bond donors (Lipinski definition) is 0. The monoisotopic (exact) mass is 561 g/mol. The fourth-order valence-electron chi connectivity index (χ4n) is 6.55. The highest BCUT2D eigenvalue weighted by Gasteiger charge is 2.23. The van der Waals surface area contributed by atoms with Gasteiger partial charge in [-0.1, -0.05) is 91.0 Å². The number of nitrogens with zero attached hydrogens (tertiary/aromatic N) is 3. The Hall–Kier alpha value is -6.18. The van der Waals surface area contributed by atoms with Crippen LogP contribution in [0.4, 0.5) is 5.69 Å². The lowest BCUT2D eigenvalue weighted by Gasteiger charge is -2.12. The van der Waals surface area contributed by atoms with Gasteiger partial charge in [-0.15, -0.1) is 0 Å². The number of rotatable bonds is 3. The van der Waals surface area contributed by atoms with Crippen LogP contribution in [0.1, 0.15) is 0 Å². The Balaban J connectivity index is 1.20. The molecule has 44 heavy (non-hydrogen) atoms. The van der Waals surface area contributed by atoms with Gasteiger partial charge in [-0.2, -0.15) is 0 Å². The number of hydrogen-bond acceptors (Lipinski definition) is 2. The molecule has 2 aliphatic heterocycles. The van der Waals surface area contributed by atoms with E-state index in [2.05, 4.69) is 94.3 Å². The van der Waals surface area contributed by atoms with Gasteiger partial charge in [0.25, 0.3) is 0 Å². The summed E-state index contributed by atoms with van der Waals surface area (Å²) in [5.74, 6) is 0.830. The topological polar surface area (TPSA) is 35.3 Å². The summed E-state index contributed by atoms with van der Waals surface area (Å²) >= 11 is 0. The van der Waals surface area contributed by atoms with Crippen molar-refractivity contribution in [2.45, 2.75) is 0 Å². The summed E-state index contributed by atoms with van der Waals surface area (Å²) < 4.78 is 8.83. The van der Waals surface area contributed by atoms with E-state index in [1.165, 1.54) is 0 Å². The first-order valence-corrected chi connectivity index (χ1v) is 14.6. The van der Waals surface area contributed by atoms with E-state index in [4.69, 9.17) is 16.0 Å². The molecule has 0 saturated carbocycles. The van der Waals surface area contributed by atoms with Crippen LogP contribution in [-0.4, -0.2) is 9.55 Å². The Labute approximate surface area is 253 Å². The van der Waals surface area contributed by atoms with Crippen LogP contribution in [0.15, 0.2) is 144 Å². The van der Waals surface area contributed by atoms with Crippen LogP contribution in [0.3, 0.4) is 0 Å². The molecular weight excluding hydrogens is 538 g/mol. The summed E-state index contributed by atoms with van der Waals surface area (Å²) in [6, 6.07) is 47.9. The van der Waals surface area contributed by atoms with Crippen LogP contribution >= 0.6 is 0 Å². The summed E-state index contributed by atoms with van der Waals surface area (Å²) in [4.78, 5) is 8.70. The molecule has 0 atom stereocenters. The Morgan fingerprint density at radius 3 is 2.14 bits per heavy atom. The van der Waals surface area contributed by atoms with Crippen molar-refractivity contribution in [2.75, 3.05) is 0 Å². The maximum atomic E-state index is 7.57. The minimum absolute atomic E-state index is 0.634. The highest BCUT2D eigenvalue weighted by molar-refractivity contribution is 6.12. The second-order valence-electron chi connectivity index (χ2n) is 11.1. The van der Waals surface area contributed by atoms with Gasteiger partial charge in [0.1, 0.15) is 11.3 Å². The van der Waals surface area contributed by atoms with Crippen LogP contribution in [0, 0.1) is 6.57 Å². The van der Waals surface area contributed by atoms with E-state index in [0.717, 1.165) is 83.1 Å². The molecule has 2 aliphatic rings. The highest BCUT2D eigenvalue weighted by atomic mass is 16.3. The van der Waals surface area contributed by atoms with Crippen molar-refractivity contribution in [3.63, 3.8) is 0 Å². The predicted octanol–water partition coefficient (Wildman–Crippen LogP) is 11.1. The van der Waals surface area contributed by atoms with Crippen molar-refractivity contribution in [1.82, 2.24) is 9.55 Å². The first kappa shape index (κ1) is 24.4. The first-order chi connectivity index (χ1) is 21.8. The van der Waals surface area contributed by atoms with Crippen LogP contribution in [0.2, 0.25) is 0 Å². The van der Waals surface area contributed by atoms with Gasteiger partial charge in [-0.3, -0.25) is 0 Å². The van der Waals surface area contributed by atoms with E-state index in [9.17, 15) is 0 Å². The lowest BCUT2D eigenvalue weighted by Crippen LogP contribution is -1.92. The molecule has 7 aromatic rings. The van der Waals surface area contributed by atoms with Crippen molar-refractivity contribution >= 4 is 49.4 Å². The fourth-order valence-corrected chi connectivity index (χ4v) is 6.55. The van der Waals surface area contributed by atoms with Gasteiger partial charge in [0.15, 0.2) is 5.69 Å². The van der Waals surface area contributed by atoms with E-state index in [-0.39, 0.29) is 0 Å². The maximum Gasteiger partial charge on any atom is 0.189 e. The molecule has 0 spiro atoms. The maximum absolute atomic E-state index is 7.57. The van der Waals surface area contributed by atoms with Gasteiger partial charge in [0.05, 0.1) is 28.9 Å². The van der Waals surface area contributed by atoms with Crippen LogP contribution < -0.4 is 0 Å². The molecule has 0 fully saturated rings. The van der Waals surface area contributed by atoms with E-state index >= 15 is 0 Å². The number of para-hydroxylation sites is 3. The molecule has 0 radical (unpaired) electrons. The Morgan fingerprint density at radius 1 is 0.568 bits per heavy atom. The minimum Gasteiger partial charge on any atom is -0.455 e. The Morgan fingerprint density at radius 2 is 1.30 bits per heavy atom. The van der Waals surface area contributed by atoms with Crippen molar-refractivity contribution in [2.24, 2.45) is 0 Å². The number of fused-ring (bicyclic) bond motifs is 8.